The normalized spacial score (nSPS) is 13.6. The summed E-state index contributed by atoms with van der Waals surface area (Å²) >= 11 is 0. The molecule has 2 aromatic rings. The van der Waals surface area contributed by atoms with Gasteiger partial charge in [0.05, 0.1) is 5.30 Å². The molecular formula is C15H15O3P. The Morgan fingerprint density at radius 3 is 2.47 bits per heavy atom. The lowest BCUT2D eigenvalue weighted by atomic mass is 10.2. The smallest absolute Gasteiger partial charge is 0.408 e. The van der Waals surface area contributed by atoms with Crippen LogP contribution in [0.1, 0.15) is 11.1 Å². The molecule has 0 aliphatic rings. The molecule has 0 saturated carbocycles. The first kappa shape index (κ1) is 13.6. The lowest BCUT2D eigenvalue weighted by molar-refractivity contribution is 0.393. The minimum Gasteiger partial charge on any atom is -0.421 e. The van der Waals surface area contributed by atoms with Gasteiger partial charge in [-0.25, -0.2) is 4.57 Å². The van der Waals surface area contributed by atoms with Crippen molar-refractivity contribution in [3.63, 3.8) is 0 Å². The predicted octanol–water partition coefficient (Wildman–Crippen LogP) is 3.53. The molecule has 0 bridgehead atoms. The molecule has 0 spiro atoms. The Kier molecular flexibility index (Phi) is 3.89. The quantitative estimate of drug-likeness (QED) is 0.867. The molecule has 0 heterocycles. The van der Waals surface area contributed by atoms with Crippen molar-refractivity contribution in [3.8, 4) is 5.75 Å². The summed E-state index contributed by atoms with van der Waals surface area (Å²) in [4.78, 5) is 10.1. The van der Waals surface area contributed by atoms with E-state index in [0.717, 1.165) is 5.56 Å². The van der Waals surface area contributed by atoms with Crippen LogP contribution < -0.4 is 9.83 Å². The van der Waals surface area contributed by atoms with Gasteiger partial charge in [0.2, 0.25) is 0 Å². The third kappa shape index (κ3) is 2.95. The second-order valence-corrected chi connectivity index (χ2v) is 5.85. The molecule has 1 N–H and O–H groups in total. The summed E-state index contributed by atoms with van der Waals surface area (Å²) < 4.78 is 17.7. The lowest BCUT2D eigenvalue weighted by Gasteiger charge is -2.16. The first-order chi connectivity index (χ1) is 9.04. The maximum atomic E-state index is 12.4. The first-order valence-electron chi connectivity index (χ1n) is 5.84. The topological polar surface area (TPSA) is 46.5 Å². The van der Waals surface area contributed by atoms with Crippen LogP contribution in [0.15, 0.2) is 55.1 Å². The van der Waals surface area contributed by atoms with Crippen LogP contribution in [0.2, 0.25) is 0 Å². The van der Waals surface area contributed by atoms with E-state index in [9.17, 15) is 9.46 Å². The highest BCUT2D eigenvalue weighted by molar-refractivity contribution is 7.61. The van der Waals surface area contributed by atoms with E-state index in [2.05, 4.69) is 6.58 Å². The molecule has 19 heavy (non-hydrogen) atoms. The predicted molar refractivity (Wildman–Crippen MR) is 77.8 cm³/mol. The van der Waals surface area contributed by atoms with Crippen molar-refractivity contribution in [1.29, 1.82) is 0 Å². The number of hydrogen-bond acceptors (Lipinski definition) is 2. The highest BCUT2D eigenvalue weighted by Gasteiger charge is 2.26. The molecule has 1 unspecified atom stereocenters. The van der Waals surface area contributed by atoms with Gasteiger partial charge in [0, 0.05) is 5.56 Å². The third-order valence-corrected chi connectivity index (χ3v) is 4.34. The van der Waals surface area contributed by atoms with E-state index in [0.29, 0.717) is 16.6 Å². The molecule has 0 radical (unpaired) electrons. The Hall–Kier alpha value is -1.83. The van der Waals surface area contributed by atoms with Crippen molar-refractivity contribution < 1.29 is 14.0 Å². The molecule has 2 rings (SSSR count). The molecule has 0 aliphatic heterocycles. The Bertz CT molecular complexity index is 649. The van der Waals surface area contributed by atoms with E-state index in [4.69, 9.17) is 4.52 Å². The van der Waals surface area contributed by atoms with Crippen molar-refractivity contribution >= 4 is 19.0 Å². The van der Waals surface area contributed by atoms with Gasteiger partial charge >= 0.3 is 7.60 Å². The van der Waals surface area contributed by atoms with Crippen LogP contribution in [0.4, 0.5) is 0 Å². The highest BCUT2D eigenvalue weighted by Crippen LogP contribution is 2.43. The standard InChI is InChI=1S/C15H15O3P/c1-3-13-9-5-6-10-14(13)18-19(16,17)15-11-7-4-8-12(15)2/h3-11H,1H2,2H3,(H,16,17). The molecular weight excluding hydrogens is 259 g/mol. The van der Waals surface area contributed by atoms with E-state index in [1.165, 1.54) is 0 Å². The van der Waals surface area contributed by atoms with E-state index < -0.39 is 7.60 Å². The van der Waals surface area contributed by atoms with E-state index in [-0.39, 0.29) is 0 Å². The Morgan fingerprint density at radius 1 is 1.16 bits per heavy atom. The summed E-state index contributed by atoms with van der Waals surface area (Å²) in [5.41, 5.74) is 1.41. The van der Waals surface area contributed by atoms with Crippen LogP contribution in [-0.2, 0) is 4.57 Å². The minimum absolute atomic E-state index is 0.314. The van der Waals surface area contributed by atoms with E-state index in [1.54, 1.807) is 49.4 Å². The van der Waals surface area contributed by atoms with Gasteiger partial charge < -0.3 is 9.42 Å². The molecule has 4 heteroatoms. The summed E-state index contributed by atoms with van der Waals surface area (Å²) in [6.45, 7) is 5.44. The minimum atomic E-state index is -3.89. The largest absolute Gasteiger partial charge is 0.421 e. The van der Waals surface area contributed by atoms with Gasteiger partial charge in [0.1, 0.15) is 5.75 Å². The van der Waals surface area contributed by atoms with Crippen LogP contribution >= 0.6 is 7.60 Å². The third-order valence-electron chi connectivity index (χ3n) is 2.78. The summed E-state index contributed by atoms with van der Waals surface area (Å²) in [6.07, 6.45) is 1.59. The van der Waals surface area contributed by atoms with Gasteiger partial charge in [-0.05, 0) is 24.6 Å². The van der Waals surface area contributed by atoms with Crippen molar-refractivity contribution in [2.24, 2.45) is 0 Å². The van der Waals surface area contributed by atoms with Crippen molar-refractivity contribution in [1.82, 2.24) is 0 Å². The van der Waals surface area contributed by atoms with Gasteiger partial charge in [-0.15, -0.1) is 0 Å². The van der Waals surface area contributed by atoms with Crippen LogP contribution in [0.5, 0.6) is 5.75 Å². The SMILES string of the molecule is C=Cc1ccccc1OP(=O)(O)c1ccccc1C. The highest BCUT2D eigenvalue weighted by atomic mass is 31.2. The zero-order valence-corrected chi connectivity index (χ0v) is 11.5. The van der Waals surface area contributed by atoms with Crippen LogP contribution in [-0.4, -0.2) is 4.89 Å². The van der Waals surface area contributed by atoms with E-state index in [1.807, 2.05) is 12.1 Å². The van der Waals surface area contributed by atoms with Gasteiger partial charge in [-0.2, -0.15) is 0 Å². The molecule has 1 atom stereocenters. The first-order valence-corrected chi connectivity index (χ1v) is 7.42. The van der Waals surface area contributed by atoms with Crippen LogP contribution in [0.25, 0.3) is 6.08 Å². The average molecular weight is 274 g/mol. The summed E-state index contributed by atoms with van der Waals surface area (Å²) in [5.74, 6) is 0.353. The van der Waals surface area contributed by atoms with Gasteiger partial charge in [0.15, 0.2) is 0 Å². The Balaban J connectivity index is 2.39. The fraction of sp³-hybridized carbons (Fsp3) is 0.0667. The van der Waals surface area contributed by atoms with Crippen molar-refractivity contribution in [3.05, 3.63) is 66.2 Å². The monoisotopic (exact) mass is 274 g/mol. The maximum Gasteiger partial charge on any atom is 0.408 e. The Labute approximate surface area is 112 Å². The second kappa shape index (κ2) is 5.43. The number of rotatable bonds is 4. The summed E-state index contributed by atoms with van der Waals surface area (Å²) in [7, 11) is -3.89. The number of hydrogen-bond donors (Lipinski definition) is 1. The van der Waals surface area contributed by atoms with E-state index >= 15 is 0 Å². The fourth-order valence-electron chi connectivity index (χ4n) is 1.80. The molecule has 0 amide bonds. The molecule has 3 nitrogen and oxygen atoms in total. The molecule has 0 fully saturated rings. The van der Waals surface area contributed by atoms with Crippen LogP contribution in [0, 0.1) is 6.92 Å². The van der Waals surface area contributed by atoms with Crippen molar-refractivity contribution in [2.75, 3.05) is 0 Å². The van der Waals surface area contributed by atoms with Gasteiger partial charge in [-0.1, -0.05) is 49.1 Å². The number of para-hydroxylation sites is 1. The maximum absolute atomic E-state index is 12.4. The van der Waals surface area contributed by atoms with Crippen LogP contribution in [0.3, 0.4) is 0 Å². The molecule has 2 aromatic carbocycles. The average Bonchev–Trinajstić information content (AvgIpc) is 2.39. The zero-order chi connectivity index (χ0) is 13.9. The zero-order valence-electron chi connectivity index (χ0n) is 10.6. The lowest BCUT2D eigenvalue weighted by Crippen LogP contribution is -2.12. The molecule has 0 saturated heterocycles. The number of benzene rings is 2. The number of aryl methyl sites for hydroxylation is 1. The summed E-state index contributed by atoms with van der Waals surface area (Å²) in [6, 6.07) is 13.9. The molecule has 0 aliphatic carbocycles. The van der Waals surface area contributed by atoms with Gasteiger partial charge in [0.25, 0.3) is 0 Å². The second-order valence-electron chi connectivity index (χ2n) is 4.14. The van der Waals surface area contributed by atoms with Crippen molar-refractivity contribution in [2.45, 2.75) is 6.92 Å². The molecule has 98 valence electrons. The fourth-order valence-corrected chi connectivity index (χ4v) is 3.12. The summed E-state index contributed by atoms with van der Waals surface area (Å²) in [5, 5.41) is 0.314. The van der Waals surface area contributed by atoms with Gasteiger partial charge in [-0.3, -0.25) is 0 Å². The Morgan fingerprint density at radius 2 is 1.79 bits per heavy atom. The molecule has 0 aromatic heterocycles.